The van der Waals surface area contributed by atoms with Gasteiger partial charge in [-0.2, -0.15) is 0 Å². The molecule has 5 atom stereocenters. The van der Waals surface area contributed by atoms with E-state index in [9.17, 15) is 38.8 Å². The quantitative estimate of drug-likeness (QED) is 0.159. The molecule has 0 aromatic rings. The molecule has 17 heteroatoms. The van der Waals surface area contributed by atoms with Gasteiger partial charge in [0.2, 0.25) is 0 Å². The molecule has 12 nitrogen and oxygen atoms in total. The summed E-state index contributed by atoms with van der Waals surface area (Å²) in [6.07, 6.45) is -8.69. The smallest absolute Gasteiger partial charge is 0.790 e. The van der Waals surface area contributed by atoms with Crippen molar-refractivity contribution >= 4 is 21.9 Å². The number of aliphatic hydroxyl groups excluding tert-OH is 4. The van der Waals surface area contributed by atoms with Gasteiger partial charge in [-0.05, 0) is 0 Å². The van der Waals surface area contributed by atoms with Crippen LogP contribution < -0.4 is 103 Å². The van der Waals surface area contributed by atoms with Crippen LogP contribution in [0, 0.1) is 0 Å². The first-order valence-electron chi connectivity index (χ1n) is 4.76. The van der Waals surface area contributed by atoms with Crippen LogP contribution in [0.3, 0.4) is 0 Å². The molecule has 0 spiro atoms. The van der Waals surface area contributed by atoms with Crippen LogP contribution in [-0.2, 0) is 22.8 Å². The van der Waals surface area contributed by atoms with E-state index >= 15 is 0 Å². The molecule has 0 fully saturated rings. The summed E-state index contributed by atoms with van der Waals surface area (Å²) in [6.45, 7) is -1.30. The zero-order chi connectivity index (χ0) is 16.1. The van der Waals surface area contributed by atoms with Crippen LogP contribution >= 0.6 is 15.6 Å². The minimum Gasteiger partial charge on any atom is -0.790 e. The molecule has 0 aliphatic rings. The van der Waals surface area contributed by atoms with Gasteiger partial charge in [0.25, 0.3) is 7.82 Å². The number of carbonyl (C=O) groups is 1. The van der Waals surface area contributed by atoms with Crippen LogP contribution in [-0.4, -0.2) is 57.7 Å². The third-order valence-corrected chi connectivity index (χ3v) is 3.90. The van der Waals surface area contributed by atoms with Gasteiger partial charge in [-0.3, -0.25) is 8.88 Å². The summed E-state index contributed by atoms with van der Waals surface area (Å²) >= 11 is 0. The van der Waals surface area contributed by atoms with Gasteiger partial charge >= 0.3 is 88.7 Å². The molecule has 4 N–H and O–H groups in total. The fraction of sp³-hybridized carbons (Fsp3) is 0.833. The molecule has 0 aliphatic heterocycles. The summed E-state index contributed by atoms with van der Waals surface area (Å²) in [6, 6.07) is 0. The van der Waals surface area contributed by atoms with Crippen LogP contribution in [0.5, 0.6) is 0 Å². The molecule has 0 radical (unpaired) electrons. The van der Waals surface area contributed by atoms with Crippen molar-refractivity contribution in [1.82, 2.24) is 0 Å². The number of hydrogen-bond donors (Lipinski definition) is 4. The van der Waals surface area contributed by atoms with Crippen LogP contribution in [0.4, 0.5) is 0 Å². The van der Waals surface area contributed by atoms with Crippen molar-refractivity contribution < 1.29 is 147 Å². The largest absolute Gasteiger partial charge is 1.00 e. The van der Waals surface area contributed by atoms with Gasteiger partial charge < -0.3 is 49.0 Å². The molecule has 0 heterocycles. The first-order valence-corrected chi connectivity index (χ1v) is 7.68. The molecule has 0 bridgehead atoms. The molecular formula is C6H11Na3O12P2. The number of carbonyl (C=O) groups excluding carboxylic acids is 1. The van der Waals surface area contributed by atoms with Crippen LogP contribution in [0.2, 0.25) is 0 Å². The summed E-state index contributed by atoms with van der Waals surface area (Å²) < 4.78 is 27.6. The van der Waals surface area contributed by atoms with Crippen LogP contribution in [0.25, 0.3) is 0 Å². The minimum atomic E-state index is -5.89. The maximum atomic E-state index is 10.8. The summed E-state index contributed by atoms with van der Waals surface area (Å²) in [7, 11) is -11.5. The Labute approximate surface area is 197 Å². The predicted molar refractivity (Wildman–Crippen MR) is 52.3 cm³/mol. The van der Waals surface area contributed by atoms with Gasteiger partial charge in [-0.1, -0.05) is 0 Å². The molecule has 23 heavy (non-hydrogen) atoms. The fourth-order valence-corrected chi connectivity index (χ4v) is 2.43. The van der Waals surface area contributed by atoms with E-state index in [1.54, 1.807) is 0 Å². The molecular weight excluding hydrogens is 395 g/mol. The van der Waals surface area contributed by atoms with Crippen LogP contribution in [0.1, 0.15) is 0 Å². The SMILES string of the molecule is O=C[C@H](O)[C@@H](O)[C@H](O)[C@H](O)COP(=O)([O-])OP(=O)([O-])[O-].[Na+].[Na+].[Na+]. The van der Waals surface area contributed by atoms with E-state index in [1.807, 2.05) is 0 Å². The number of aliphatic hydroxyl groups is 4. The molecule has 0 rings (SSSR count). The van der Waals surface area contributed by atoms with Gasteiger partial charge in [0.05, 0.1) is 14.4 Å². The number of hydrogen-bond acceptors (Lipinski definition) is 12. The number of aldehydes is 1. The number of phosphoric ester groups is 1. The zero-order valence-corrected chi connectivity index (χ0v) is 20.3. The Hall–Kier alpha value is 2.77. The van der Waals surface area contributed by atoms with Gasteiger partial charge in [0, 0.05) is 0 Å². The van der Waals surface area contributed by atoms with Crippen LogP contribution in [0.15, 0.2) is 0 Å². The monoisotopic (exact) mass is 406 g/mol. The number of phosphoric acid groups is 2. The van der Waals surface area contributed by atoms with Gasteiger partial charge in [-0.15, -0.1) is 0 Å². The zero-order valence-electron chi connectivity index (χ0n) is 12.5. The van der Waals surface area contributed by atoms with E-state index in [1.165, 1.54) is 0 Å². The second-order valence-corrected chi connectivity index (χ2v) is 6.15. The Bertz CT molecular complexity index is 418. The second-order valence-electron chi connectivity index (χ2n) is 3.45. The maximum absolute atomic E-state index is 10.8. The maximum Gasteiger partial charge on any atom is 1.00 e. The molecule has 0 aromatic heterocycles. The Morgan fingerprint density at radius 3 is 1.74 bits per heavy atom. The standard InChI is InChI=1S/C6H14O12P2.3Na/c7-1-3(8)5(10)6(11)4(9)2-17-20(15,16)18-19(12,13)14;;;/h1,3-6,8-11H,2H2,(H,15,16)(H2,12,13,14);;;/q;3*+1/p-3/t3-,4+,5+,6+;;;/m0.../s1. The Balaban J connectivity index is -0.000000602. The van der Waals surface area contributed by atoms with Crippen molar-refractivity contribution in [2.24, 2.45) is 0 Å². The van der Waals surface area contributed by atoms with E-state index in [0.717, 1.165) is 0 Å². The molecule has 0 saturated heterocycles. The second kappa shape index (κ2) is 14.8. The predicted octanol–water partition coefficient (Wildman–Crippen LogP) is -14.0. The van der Waals surface area contributed by atoms with Gasteiger partial charge in [0.15, 0.2) is 6.29 Å². The third kappa shape index (κ3) is 15.5. The number of rotatable bonds is 9. The van der Waals surface area contributed by atoms with E-state index in [0.29, 0.717) is 0 Å². The molecule has 0 amide bonds. The Morgan fingerprint density at radius 2 is 1.39 bits per heavy atom. The minimum absolute atomic E-state index is 0. The summed E-state index contributed by atoms with van der Waals surface area (Å²) in [5.74, 6) is 0. The van der Waals surface area contributed by atoms with E-state index in [2.05, 4.69) is 8.83 Å². The van der Waals surface area contributed by atoms with E-state index < -0.39 is 46.7 Å². The molecule has 0 saturated carbocycles. The van der Waals surface area contributed by atoms with Crippen molar-refractivity contribution in [1.29, 1.82) is 0 Å². The van der Waals surface area contributed by atoms with E-state index in [4.69, 9.17) is 10.2 Å². The first-order chi connectivity index (χ1) is 8.89. The normalized spacial score (nSPS) is 18.7. The van der Waals surface area contributed by atoms with E-state index in [-0.39, 0.29) is 95.0 Å². The first kappa shape index (κ1) is 33.4. The van der Waals surface area contributed by atoms with Crippen molar-refractivity contribution in [3.63, 3.8) is 0 Å². The average Bonchev–Trinajstić information content (AvgIpc) is 2.30. The summed E-state index contributed by atoms with van der Waals surface area (Å²) in [5.41, 5.74) is 0. The Morgan fingerprint density at radius 1 is 0.957 bits per heavy atom. The average molecular weight is 406 g/mol. The molecule has 1 unspecified atom stereocenters. The summed E-state index contributed by atoms with van der Waals surface area (Å²) in [5, 5.41) is 36.3. The summed E-state index contributed by atoms with van der Waals surface area (Å²) in [4.78, 5) is 41.0. The van der Waals surface area contributed by atoms with Crippen molar-refractivity contribution in [3.8, 4) is 0 Å². The Kier molecular flexibility index (Phi) is 21.4. The van der Waals surface area contributed by atoms with Crippen molar-refractivity contribution in [2.45, 2.75) is 24.4 Å². The van der Waals surface area contributed by atoms with Gasteiger partial charge in [0.1, 0.15) is 24.4 Å². The van der Waals surface area contributed by atoms with Crippen molar-refractivity contribution in [2.75, 3.05) is 6.61 Å². The van der Waals surface area contributed by atoms with Crippen molar-refractivity contribution in [3.05, 3.63) is 0 Å². The molecule has 120 valence electrons. The molecule has 0 aliphatic carbocycles. The molecule has 0 aromatic carbocycles. The fourth-order valence-electron chi connectivity index (χ4n) is 0.922. The van der Waals surface area contributed by atoms with Gasteiger partial charge in [-0.25, -0.2) is 0 Å². The topological polar surface area (TPSA) is 220 Å². The third-order valence-electron chi connectivity index (χ3n) is 1.84.